The van der Waals surface area contributed by atoms with Gasteiger partial charge in [0.05, 0.1) is 0 Å². The first-order chi connectivity index (χ1) is 11.3. The van der Waals surface area contributed by atoms with E-state index in [0.717, 1.165) is 27.1 Å². The normalized spacial score (nSPS) is 11.0. The molecule has 1 N–H and O–H groups in total. The number of H-pyrrole nitrogens is 1. The van der Waals surface area contributed by atoms with Gasteiger partial charge in [0.15, 0.2) is 0 Å². The summed E-state index contributed by atoms with van der Waals surface area (Å²) in [5.74, 6) is -0.334. The van der Waals surface area contributed by atoms with Gasteiger partial charge in [-0.05, 0) is 16.3 Å². The number of fused-ring (bicyclic) bond motifs is 3. The van der Waals surface area contributed by atoms with Crippen LogP contribution in [-0.4, -0.2) is 11.0 Å². The highest BCUT2D eigenvalue weighted by atomic mass is 16.5. The topological polar surface area (TPSA) is 42.1 Å². The van der Waals surface area contributed by atoms with Crippen molar-refractivity contribution in [3.63, 3.8) is 0 Å². The Kier molecular flexibility index (Phi) is 3.31. The number of carbonyl (C=O) groups is 1. The maximum atomic E-state index is 12.4. The molecule has 4 aromatic rings. The van der Waals surface area contributed by atoms with Crippen LogP contribution in [0.1, 0.15) is 16.1 Å². The average Bonchev–Trinajstić information content (AvgIpc) is 3.05. The van der Waals surface area contributed by atoms with Crippen LogP contribution in [0.5, 0.6) is 0 Å². The van der Waals surface area contributed by atoms with Gasteiger partial charge in [0.1, 0.15) is 12.3 Å². The zero-order valence-electron chi connectivity index (χ0n) is 12.5. The quantitative estimate of drug-likeness (QED) is 0.558. The molecule has 4 rings (SSSR count). The Morgan fingerprint density at radius 3 is 2.48 bits per heavy atom. The maximum Gasteiger partial charge on any atom is 0.355 e. The van der Waals surface area contributed by atoms with E-state index in [-0.39, 0.29) is 12.6 Å². The van der Waals surface area contributed by atoms with Crippen LogP contribution in [0.3, 0.4) is 0 Å². The van der Waals surface area contributed by atoms with Gasteiger partial charge < -0.3 is 9.72 Å². The largest absolute Gasteiger partial charge is 0.456 e. The SMILES string of the molecule is O=C(OCc1ccccc1)c1[nH]cc2c1ccc1ccccc12. The van der Waals surface area contributed by atoms with E-state index >= 15 is 0 Å². The molecule has 3 heteroatoms. The monoisotopic (exact) mass is 301 g/mol. The highest BCUT2D eigenvalue weighted by molar-refractivity contribution is 6.13. The molecule has 0 saturated carbocycles. The van der Waals surface area contributed by atoms with Crippen LogP contribution in [0.25, 0.3) is 21.5 Å². The number of esters is 1. The summed E-state index contributed by atoms with van der Waals surface area (Å²) in [5, 5.41) is 4.21. The molecular weight excluding hydrogens is 286 g/mol. The molecule has 112 valence electrons. The summed E-state index contributed by atoms with van der Waals surface area (Å²) in [6, 6.07) is 21.8. The summed E-state index contributed by atoms with van der Waals surface area (Å²) in [4.78, 5) is 15.4. The zero-order valence-corrected chi connectivity index (χ0v) is 12.5. The Bertz CT molecular complexity index is 986. The molecule has 0 amide bonds. The summed E-state index contributed by atoms with van der Waals surface area (Å²) in [6.45, 7) is 0.272. The fraction of sp³-hybridized carbons (Fsp3) is 0.0500. The molecule has 0 unspecified atom stereocenters. The van der Waals surface area contributed by atoms with Crippen molar-refractivity contribution in [3.05, 3.63) is 84.2 Å². The van der Waals surface area contributed by atoms with Crippen molar-refractivity contribution in [2.45, 2.75) is 6.61 Å². The molecule has 0 fully saturated rings. The lowest BCUT2D eigenvalue weighted by Gasteiger charge is -2.04. The molecule has 0 aliphatic carbocycles. The first kappa shape index (κ1) is 13.6. The molecule has 1 aromatic heterocycles. The molecule has 0 spiro atoms. The Morgan fingerprint density at radius 2 is 1.61 bits per heavy atom. The number of aromatic amines is 1. The van der Waals surface area contributed by atoms with Crippen molar-refractivity contribution in [1.82, 2.24) is 4.98 Å². The third-order valence-corrected chi connectivity index (χ3v) is 4.02. The van der Waals surface area contributed by atoms with E-state index in [9.17, 15) is 4.79 Å². The van der Waals surface area contributed by atoms with Crippen LogP contribution >= 0.6 is 0 Å². The van der Waals surface area contributed by atoms with E-state index in [2.05, 4.69) is 17.1 Å². The molecule has 1 heterocycles. The molecular formula is C20H15NO2. The first-order valence-electron chi connectivity index (χ1n) is 7.53. The number of carbonyl (C=O) groups excluding carboxylic acids is 1. The molecule has 0 atom stereocenters. The van der Waals surface area contributed by atoms with Crippen molar-refractivity contribution in [1.29, 1.82) is 0 Å². The molecule has 0 radical (unpaired) electrons. The number of nitrogens with one attached hydrogen (secondary N) is 1. The van der Waals surface area contributed by atoms with Crippen molar-refractivity contribution in [2.75, 3.05) is 0 Å². The van der Waals surface area contributed by atoms with Gasteiger partial charge in [0.2, 0.25) is 0 Å². The average molecular weight is 301 g/mol. The van der Waals surface area contributed by atoms with Gasteiger partial charge in [-0.15, -0.1) is 0 Å². The summed E-state index contributed by atoms with van der Waals surface area (Å²) < 4.78 is 5.42. The standard InChI is InChI=1S/C20H15NO2/c22-20(23-13-14-6-2-1-3-7-14)19-17-11-10-15-8-4-5-9-16(15)18(17)12-21-19/h1-12,21H,13H2. The first-order valence-corrected chi connectivity index (χ1v) is 7.53. The van der Waals surface area contributed by atoms with E-state index in [0.29, 0.717) is 5.69 Å². The Balaban J connectivity index is 1.66. The number of hydrogen-bond acceptors (Lipinski definition) is 2. The highest BCUT2D eigenvalue weighted by Crippen LogP contribution is 2.27. The van der Waals surface area contributed by atoms with Gasteiger partial charge in [-0.25, -0.2) is 4.79 Å². The minimum absolute atomic E-state index is 0.272. The van der Waals surface area contributed by atoms with Crippen molar-refractivity contribution >= 4 is 27.5 Å². The van der Waals surface area contributed by atoms with Gasteiger partial charge >= 0.3 is 5.97 Å². The smallest absolute Gasteiger partial charge is 0.355 e. The molecule has 3 aromatic carbocycles. The summed E-state index contributed by atoms with van der Waals surface area (Å²) in [7, 11) is 0. The van der Waals surface area contributed by atoms with Crippen LogP contribution in [-0.2, 0) is 11.3 Å². The highest BCUT2D eigenvalue weighted by Gasteiger charge is 2.15. The van der Waals surface area contributed by atoms with Crippen molar-refractivity contribution in [3.8, 4) is 0 Å². The Morgan fingerprint density at radius 1 is 0.826 bits per heavy atom. The second-order valence-corrected chi connectivity index (χ2v) is 5.47. The van der Waals surface area contributed by atoms with E-state index in [1.165, 1.54) is 0 Å². The fourth-order valence-corrected chi connectivity index (χ4v) is 2.86. The van der Waals surface area contributed by atoms with E-state index in [1.54, 1.807) is 0 Å². The summed E-state index contributed by atoms with van der Waals surface area (Å²) >= 11 is 0. The number of aromatic nitrogens is 1. The fourth-order valence-electron chi connectivity index (χ4n) is 2.86. The van der Waals surface area contributed by atoms with Crippen LogP contribution in [0.15, 0.2) is 72.9 Å². The van der Waals surface area contributed by atoms with Crippen molar-refractivity contribution < 1.29 is 9.53 Å². The van der Waals surface area contributed by atoms with Gasteiger partial charge in [0, 0.05) is 17.0 Å². The third-order valence-electron chi connectivity index (χ3n) is 4.02. The lowest BCUT2D eigenvalue weighted by Crippen LogP contribution is -2.05. The Labute approximate surface area is 133 Å². The van der Waals surface area contributed by atoms with Gasteiger partial charge in [0.25, 0.3) is 0 Å². The van der Waals surface area contributed by atoms with Crippen LogP contribution in [0.4, 0.5) is 0 Å². The second kappa shape index (κ2) is 5.61. The van der Waals surface area contributed by atoms with Crippen LogP contribution in [0.2, 0.25) is 0 Å². The molecule has 3 nitrogen and oxygen atoms in total. The van der Waals surface area contributed by atoms with Crippen LogP contribution in [0, 0.1) is 0 Å². The second-order valence-electron chi connectivity index (χ2n) is 5.47. The zero-order chi connectivity index (χ0) is 15.6. The minimum Gasteiger partial charge on any atom is -0.456 e. The van der Waals surface area contributed by atoms with Gasteiger partial charge in [-0.2, -0.15) is 0 Å². The molecule has 0 aliphatic heterocycles. The number of ether oxygens (including phenoxy) is 1. The summed E-state index contributed by atoms with van der Waals surface area (Å²) in [5.41, 5.74) is 1.48. The Hall–Kier alpha value is -3.07. The summed E-state index contributed by atoms with van der Waals surface area (Å²) in [6.07, 6.45) is 1.87. The van der Waals surface area contributed by atoms with E-state index in [1.807, 2.05) is 60.8 Å². The molecule has 0 bridgehead atoms. The number of benzene rings is 3. The van der Waals surface area contributed by atoms with Gasteiger partial charge in [-0.3, -0.25) is 0 Å². The van der Waals surface area contributed by atoms with Crippen LogP contribution < -0.4 is 0 Å². The maximum absolute atomic E-state index is 12.4. The third kappa shape index (κ3) is 2.46. The molecule has 0 aliphatic rings. The predicted octanol–water partition coefficient (Wildman–Crippen LogP) is 4.68. The van der Waals surface area contributed by atoms with Gasteiger partial charge in [-0.1, -0.05) is 66.7 Å². The molecule has 23 heavy (non-hydrogen) atoms. The predicted molar refractivity (Wildman–Crippen MR) is 91.4 cm³/mol. The van der Waals surface area contributed by atoms with E-state index in [4.69, 9.17) is 4.74 Å². The number of hydrogen-bond donors (Lipinski definition) is 1. The lowest BCUT2D eigenvalue weighted by molar-refractivity contribution is 0.0469. The van der Waals surface area contributed by atoms with E-state index < -0.39 is 0 Å². The number of rotatable bonds is 3. The minimum atomic E-state index is -0.334. The lowest BCUT2D eigenvalue weighted by atomic mass is 10.0. The van der Waals surface area contributed by atoms with Crippen molar-refractivity contribution in [2.24, 2.45) is 0 Å². The molecule has 0 saturated heterocycles.